The molecule has 0 aromatic heterocycles. The minimum absolute atomic E-state index is 0.0158. The number of halogens is 2. The van der Waals surface area contributed by atoms with E-state index in [2.05, 4.69) is 37.2 Å². The number of nitro groups is 1. The molecule has 92 valence electrons. The number of hydrogen-bond donors (Lipinski definition) is 1. The van der Waals surface area contributed by atoms with Crippen LogP contribution in [0, 0.1) is 10.1 Å². The van der Waals surface area contributed by atoms with Gasteiger partial charge in [0.15, 0.2) is 0 Å². The van der Waals surface area contributed by atoms with Crippen molar-refractivity contribution in [2.45, 2.75) is 0 Å². The van der Waals surface area contributed by atoms with Crippen LogP contribution in [0.5, 0.6) is 0 Å². The van der Waals surface area contributed by atoms with Crippen molar-refractivity contribution in [1.29, 1.82) is 0 Å². The van der Waals surface area contributed by atoms with Crippen LogP contribution in [0.4, 0.5) is 17.1 Å². The lowest BCUT2D eigenvalue weighted by Gasteiger charge is -2.08. The first-order valence-corrected chi connectivity index (χ1v) is 6.62. The average molecular weight is 372 g/mol. The third kappa shape index (κ3) is 2.88. The second-order valence-electron chi connectivity index (χ2n) is 3.53. The van der Waals surface area contributed by atoms with Gasteiger partial charge in [-0.3, -0.25) is 10.1 Å². The zero-order chi connectivity index (χ0) is 13.1. The molecule has 0 aliphatic rings. The Morgan fingerprint density at radius 1 is 1.11 bits per heavy atom. The van der Waals surface area contributed by atoms with Crippen molar-refractivity contribution < 1.29 is 4.92 Å². The first kappa shape index (κ1) is 13.0. The summed E-state index contributed by atoms with van der Waals surface area (Å²) in [7, 11) is 0. The predicted octanol–water partition coefficient (Wildman–Crippen LogP) is 4.86. The van der Waals surface area contributed by atoms with Crippen LogP contribution in [0.3, 0.4) is 0 Å². The minimum Gasteiger partial charge on any atom is -0.350 e. The van der Waals surface area contributed by atoms with E-state index in [1.54, 1.807) is 12.1 Å². The Morgan fingerprint density at radius 3 is 2.39 bits per heavy atom. The number of anilines is 2. The molecule has 4 nitrogen and oxygen atoms in total. The van der Waals surface area contributed by atoms with Crippen LogP contribution < -0.4 is 5.32 Å². The van der Waals surface area contributed by atoms with Gasteiger partial charge in [0.05, 0.1) is 9.40 Å². The van der Waals surface area contributed by atoms with Crippen LogP contribution in [-0.2, 0) is 0 Å². The molecule has 0 saturated heterocycles. The summed E-state index contributed by atoms with van der Waals surface area (Å²) in [5, 5.41) is 14.1. The van der Waals surface area contributed by atoms with Crippen LogP contribution in [-0.4, -0.2) is 4.92 Å². The average Bonchev–Trinajstić information content (AvgIpc) is 2.28. The largest absolute Gasteiger partial charge is 0.350 e. The fourth-order valence-electron chi connectivity index (χ4n) is 1.52. The number of benzene rings is 2. The third-order valence-electron chi connectivity index (χ3n) is 2.26. The van der Waals surface area contributed by atoms with E-state index < -0.39 is 4.92 Å². The SMILES string of the molecule is O=[N+]([O-])c1c(Br)cc(Br)cc1Nc1ccccc1. The van der Waals surface area contributed by atoms with Gasteiger partial charge in [-0.05, 0) is 40.2 Å². The van der Waals surface area contributed by atoms with E-state index >= 15 is 0 Å². The van der Waals surface area contributed by atoms with Crippen molar-refractivity contribution in [3.63, 3.8) is 0 Å². The topological polar surface area (TPSA) is 55.2 Å². The van der Waals surface area contributed by atoms with Gasteiger partial charge in [-0.1, -0.05) is 34.1 Å². The van der Waals surface area contributed by atoms with Crippen molar-refractivity contribution in [3.05, 3.63) is 61.5 Å². The molecule has 0 heterocycles. The lowest BCUT2D eigenvalue weighted by molar-refractivity contribution is -0.384. The van der Waals surface area contributed by atoms with Crippen LogP contribution in [0.15, 0.2) is 51.4 Å². The Bertz CT molecular complexity index is 588. The van der Waals surface area contributed by atoms with Gasteiger partial charge in [0.2, 0.25) is 0 Å². The highest BCUT2D eigenvalue weighted by atomic mass is 79.9. The Hall–Kier alpha value is -1.40. The van der Waals surface area contributed by atoms with E-state index in [9.17, 15) is 10.1 Å². The number of rotatable bonds is 3. The van der Waals surface area contributed by atoms with Gasteiger partial charge in [-0.2, -0.15) is 0 Å². The van der Waals surface area contributed by atoms with E-state index in [-0.39, 0.29) is 5.69 Å². The molecule has 0 aliphatic heterocycles. The van der Waals surface area contributed by atoms with Gasteiger partial charge in [-0.25, -0.2) is 0 Å². The molecule has 0 unspecified atom stereocenters. The van der Waals surface area contributed by atoms with Crippen molar-refractivity contribution in [2.75, 3.05) is 5.32 Å². The van der Waals surface area contributed by atoms with Crippen LogP contribution in [0.1, 0.15) is 0 Å². The highest BCUT2D eigenvalue weighted by molar-refractivity contribution is 9.11. The highest BCUT2D eigenvalue weighted by Crippen LogP contribution is 2.37. The van der Waals surface area contributed by atoms with Gasteiger partial charge in [0.25, 0.3) is 0 Å². The Labute approximate surface area is 120 Å². The van der Waals surface area contributed by atoms with E-state index in [1.807, 2.05) is 30.3 Å². The summed E-state index contributed by atoms with van der Waals surface area (Å²) in [5.41, 5.74) is 1.25. The fourth-order valence-corrected chi connectivity index (χ4v) is 2.89. The lowest BCUT2D eigenvalue weighted by atomic mass is 10.2. The quantitative estimate of drug-likeness (QED) is 0.618. The maximum absolute atomic E-state index is 11.1. The molecule has 0 bridgehead atoms. The fraction of sp³-hybridized carbons (Fsp3) is 0. The molecule has 1 N–H and O–H groups in total. The maximum atomic E-state index is 11.1. The van der Waals surface area contributed by atoms with Crippen LogP contribution in [0.2, 0.25) is 0 Å². The molecule has 6 heteroatoms. The minimum atomic E-state index is -0.415. The van der Waals surface area contributed by atoms with Crippen molar-refractivity contribution in [1.82, 2.24) is 0 Å². The summed E-state index contributed by atoms with van der Waals surface area (Å²) >= 11 is 6.52. The zero-order valence-electron chi connectivity index (χ0n) is 9.06. The molecule has 0 radical (unpaired) electrons. The first-order valence-electron chi connectivity index (χ1n) is 5.03. The van der Waals surface area contributed by atoms with Crippen molar-refractivity contribution in [2.24, 2.45) is 0 Å². The first-order chi connectivity index (χ1) is 8.58. The van der Waals surface area contributed by atoms with E-state index in [0.717, 1.165) is 10.2 Å². The van der Waals surface area contributed by atoms with Gasteiger partial charge in [-0.15, -0.1) is 0 Å². The molecule has 2 rings (SSSR count). The molecule has 0 atom stereocenters. The van der Waals surface area contributed by atoms with E-state index in [1.165, 1.54) is 0 Å². The number of nitrogens with one attached hydrogen (secondary N) is 1. The number of nitrogens with zero attached hydrogens (tertiary/aromatic N) is 1. The Kier molecular flexibility index (Phi) is 3.98. The summed E-state index contributed by atoms with van der Waals surface area (Å²) in [6, 6.07) is 12.6. The molecule has 0 amide bonds. The molecule has 0 fully saturated rings. The van der Waals surface area contributed by atoms with Gasteiger partial charge in [0, 0.05) is 10.2 Å². The van der Waals surface area contributed by atoms with Gasteiger partial charge in [0.1, 0.15) is 5.69 Å². The molecular weight excluding hydrogens is 364 g/mol. The molecule has 18 heavy (non-hydrogen) atoms. The smallest absolute Gasteiger partial charge is 0.306 e. The number of hydrogen-bond acceptors (Lipinski definition) is 3. The zero-order valence-corrected chi connectivity index (χ0v) is 12.2. The Morgan fingerprint density at radius 2 is 1.78 bits per heavy atom. The summed E-state index contributed by atoms with van der Waals surface area (Å²) in [4.78, 5) is 10.6. The standard InChI is InChI=1S/C12H8Br2N2O2/c13-8-6-10(14)12(16(17)18)11(7-8)15-9-4-2-1-3-5-9/h1-7,15H. The Balaban J connectivity index is 2.46. The van der Waals surface area contributed by atoms with E-state index in [4.69, 9.17) is 0 Å². The molecule has 0 saturated carbocycles. The monoisotopic (exact) mass is 370 g/mol. The number of nitro benzene ring substituents is 1. The van der Waals surface area contributed by atoms with Crippen LogP contribution in [0.25, 0.3) is 0 Å². The van der Waals surface area contributed by atoms with Gasteiger partial charge < -0.3 is 5.32 Å². The highest BCUT2D eigenvalue weighted by Gasteiger charge is 2.19. The van der Waals surface area contributed by atoms with Crippen molar-refractivity contribution in [3.8, 4) is 0 Å². The summed E-state index contributed by atoms with van der Waals surface area (Å²) < 4.78 is 1.19. The molecular formula is C12H8Br2N2O2. The summed E-state index contributed by atoms with van der Waals surface area (Å²) in [6.07, 6.45) is 0. The molecule has 2 aromatic carbocycles. The second kappa shape index (κ2) is 5.49. The van der Waals surface area contributed by atoms with Gasteiger partial charge >= 0.3 is 5.69 Å². The van der Waals surface area contributed by atoms with E-state index in [0.29, 0.717) is 10.2 Å². The third-order valence-corrected chi connectivity index (χ3v) is 3.33. The van der Waals surface area contributed by atoms with Crippen LogP contribution >= 0.6 is 31.9 Å². The normalized spacial score (nSPS) is 10.1. The predicted molar refractivity (Wildman–Crippen MR) is 78.2 cm³/mol. The summed E-state index contributed by atoms with van der Waals surface area (Å²) in [6.45, 7) is 0. The second-order valence-corrected chi connectivity index (χ2v) is 5.30. The molecule has 2 aromatic rings. The molecule has 0 spiro atoms. The molecule has 0 aliphatic carbocycles. The van der Waals surface area contributed by atoms with Crippen molar-refractivity contribution >= 4 is 48.9 Å². The maximum Gasteiger partial charge on any atom is 0.306 e. The number of para-hydroxylation sites is 1. The lowest BCUT2D eigenvalue weighted by Crippen LogP contribution is -1.98. The summed E-state index contributed by atoms with van der Waals surface area (Å²) in [5.74, 6) is 0.